The minimum atomic E-state index is -0.894. The summed E-state index contributed by atoms with van der Waals surface area (Å²) in [5.74, 6) is -0.159. The number of hydrogen-bond acceptors (Lipinski definition) is 3. The summed E-state index contributed by atoms with van der Waals surface area (Å²) in [6.07, 6.45) is -0.801. The molecule has 5 nitrogen and oxygen atoms in total. The molecule has 1 rings (SSSR count). The van der Waals surface area contributed by atoms with Crippen LogP contribution in [0.3, 0.4) is 0 Å². The fourth-order valence-corrected chi connectivity index (χ4v) is 2.53. The SMILES string of the molecule is CC(C)C(Oc1ccc(Br)cc1Br)C(=O)NC(N)=O. The summed E-state index contributed by atoms with van der Waals surface area (Å²) < 4.78 is 7.23. The topological polar surface area (TPSA) is 81.4 Å². The molecule has 0 bridgehead atoms. The van der Waals surface area contributed by atoms with Crippen LogP contribution < -0.4 is 15.8 Å². The van der Waals surface area contributed by atoms with Crippen molar-refractivity contribution in [3.63, 3.8) is 0 Å². The van der Waals surface area contributed by atoms with Crippen LogP contribution in [0.2, 0.25) is 0 Å². The predicted molar refractivity (Wildman–Crippen MR) is 78.8 cm³/mol. The zero-order valence-electron chi connectivity index (χ0n) is 10.4. The Labute approximate surface area is 128 Å². The summed E-state index contributed by atoms with van der Waals surface area (Å²) in [7, 11) is 0. The van der Waals surface area contributed by atoms with Crippen LogP contribution in [0.5, 0.6) is 5.75 Å². The van der Waals surface area contributed by atoms with Crippen molar-refractivity contribution in [2.45, 2.75) is 20.0 Å². The molecule has 0 saturated carbocycles. The highest BCUT2D eigenvalue weighted by atomic mass is 79.9. The molecule has 1 unspecified atom stereocenters. The van der Waals surface area contributed by atoms with Gasteiger partial charge in [-0.15, -0.1) is 0 Å². The monoisotopic (exact) mass is 392 g/mol. The van der Waals surface area contributed by atoms with Crippen LogP contribution in [0.15, 0.2) is 27.1 Å². The molecule has 0 aliphatic heterocycles. The van der Waals surface area contributed by atoms with Crippen molar-refractivity contribution in [2.75, 3.05) is 0 Å². The molecule has 0 aromatic heterocycles. The third kappa shape index (κ3) is 4.83. The van der Waals surface area contributed by atoms with Gasteiger partial charge in [-0.25, -0.2) is 4.79 Å². The van der Waals surface area contributed by atoms with Gasteiger partial charge in [0.05, 0.1) is 4.47 Å². The Morgan fingerprint density at radius 1 is 1.32 bits per heavy atom. The van der Waals surface area contributed by atoms with Crippen LogP contribution >= 0.6 is 31.9 Å². The first kappa shape index (κ1) is 16.0. The fourth-order valence-electron chi connectivity index (χ4n) is 1.39. The molecule has 0 aliphatic carbocycles. The molecule has 0 radical (unpaired) electrons. The van der Waals surface area contributed by atoms with E-state index in [9.17, 15) is 9.59 Å². The van der Waals surface area contributed by atoms with E-state index in [1.54, 1.807) is 18.2 Å². The molecule has 1 aromatic rings. The van der Waals surface area contributed by atoms with Crippen molar-refractivity contribution in [2.24, 2.45) is 11.7 Å². The second kappa shape index (κ2) is 6.91. The largest absolute Gasteiger partial charge is 0.479 e. The standard InChI is InChI=1S/C12H14Br2N2O3/c1-6(2)10(11(17)16-12(15)18)19-9-4-3-7(13)5-8(9)14/h3-6,10H,1-2H3,(H3,15,16,17,18). The fraction of sp³-hybridized carbons (Fsp3) is 0.333. The summed E-state index contributed by atoms with van der Waals surface area (Å²) >= 11 is 6.67. The van der Waals surface area contributed by atoms with Crippen LogP contribution in [-0.4, -0.2) is 18.0 Å². The van der Waals surface area contributed by atoms with Crippen LogP contribution in [0.25, 0.3) is 0 Å². The summed E-state index contributed by atoms with van der Waals surface area (Å²) in [4.78, 5) is 22.5. The van der Waals surface area contributed by atoms with Gasteiger partial charge in [0.1, 0.15) is 5.75 Å². The molecular formula is C12H14Br2N2O3. The van der Waals surface area contributed by atoms with E-state index in [2.05, 4.69) is 31.9 Å². The van der Waals surface area contributed by atoms with Crippen LogP contribution in [0, 0.1) is 5.92 Å². The Morgan fingerprint density at radius 3 is 2.42 bits per heavy atom. The number of primary amides is 1. The molecule has 0 heterocycles. The third-order valence-corrected chi connectivity index (χ3v) is 3.37. The first-order valence-corrected chi connectivity index (χ1v) is 7.12. The van der Waals surface area contributed by atoms with Crippen LogP contribution in [0.1, 0.15) is 13.8 Å². The first-order valence-electron chi connectivity index (χ1n) is 5.53. The lowest BCUT2D eigenvalue weighted by Crippen LogP contribution is -2.46. The van der Waals surface area contributed by atoms with Crippen molar-refractivity contribution < 1.29 is 14.3 Å². The van der Waals surface area contributed by atoms with Gasteiger partial charge < -0.3 is 10.5 Å². The van der Waals surface area contributed by atoms with E-state index in [1.807, 2.05) is 19.2 Å². The highest BCUT2D eigenvalue weighted by Crippen LogP contribution is 2.29. The smallest absolute Gasteiger partial charge is 0.318 e. The summed E-state index contributed by atoms with van der Waals surface area (Å²) in [5, 5.41) is 2.03. The maximum absolute atomic E-state index is 11.8. The van der Waals surface area contributed by atoms with Gasteiger partial charge in [-0.05, 0) is 40.0 Å². The normalized spacial score (nSPS) is 12.1. The van der Waals surface area contributed by atoms with Gasteiger partial charge in [-0.1, -0.05) is 29.8 Å². The Balaban J connectivity index is 2.89. The minimum Gasteiger partial charge on any atom is -0.479 e. The molecule has 0 aliphatic rings. The lowest BCUT2D eigenvalue weighted by atomic mass is 10.1. The predicted octanol–water partition coefficient (Wildman–Crippen LogP) is 2.81. The van der Waals surface area contributed by atoms with Gasteiger partial charge in [-0.2, -0.15) is 0 Å². The molecule has 3 amide bonds. The van der Waals surface area contributed by atoms with E-state index >= 15 is 0 Å². The summed E-state index contributed by atoms with van der Waals surface area (Å²) in [5.41, 5.74) is 4.93. The average molecular weight is 394 g/mol. The van der Waals surface area contributed by atoms with Gasteiger partial charge in [0, 0.05) is 4.47 Å². The van der Waals surface area contributed by atoms with E-state index in [0.717, 1.165) is 4.47 Å². The van der Waals surface area contributed by atoms with Gasteiger partial charge >= 0.3 is 6.03 Å². The molecule has 3 N–H and O–H groups in total. The van der Waals surface area contributed by atoms with Gasteiger partial charge in [0.15, 0.2) is 6.10 Å². The number of hydrogen-bond donors (Lipinski definition) is 2. The highest BCUT2D eigenvalue weighted by Gasteiger charge is 2.26. The zero-order chi connectivity index (χ0) is 14.6. The van der Waals surface area contributed by atoms with Gasteiger partial charge in [0.25, 0.3) is 5.91 Å². The van der Waals surface area contributed by atoms with Crippen molar-refractivity contribution in [1.29, 1.82) is 0 Å². The molecule has 7 heteroatoms. The zero-order valence-corrected chi connectivity index (χ0v) is 13.6. The van der Waals surface area contributed by atoms with E-state index in [4.69, 9.17) is 10.5 Å². The number of urea groups is 1. The molecule has 0 saturated heterocycles. The third-order valence-electron chi connectivity index (χ3n) is 2.26. The van der Waals surface area contributed by atoms with E-state index in [0.29, 0.717) is 10.2 Å². The summed E-state index contributed by atoms with van der Waals surface area (Å²) in [6, 6.07) is 4.43. The van der Waals surface area contributed by atoms with Crippen molar-refractivity contribution in [3.8, 4) is 5.75 Å². The van der Waals surface area contributed by atoms with Crippen LogP contribution in [-0.2, 0) is 4.79 Å². The Hall–Kier alpha value is -1.08. The number of nitrogens with one attached hydrogen (secondary N) is 1. The molecular weight excluding hydrogens is 380 g/mol. The number of benzene rings is 1. The average Bonchev–Trinajstić information content (AvgIpc) is 2.26. The van der Waals surface area contributed by atoms with Crippen molar-refractivity contribution in [3.05, 3.63) is 27.1 Å². The number of imide groups is 1. The highest BCUT2D eigenvalue weighted by molar-refractivity contribution is 9.11. The van der Waals surface area contributed by atoms with E-state index in [-0.39, 0.29) is 5.92 Å². The molecule has 19 heavy (non-hydrogen) atoms. The molecule has 1 atom stereocenters. The summed E-state index contributed by atoms with van der Waals surface area (Å²) in [6.45, 7) is 3.63. The number of nitrogens with two attached hydrogens (primary N) is 1. The van der Waals surface area contributed by atoms with Crippen molar-refractivity contribution >= 4 is 43.8 Å². The Morgan fingerprint density at radius 2 is 1.95 bits per heavy atom. The quantitative estimate of drug-likeness (QED) is 0.825. The number of carbonyl (C=O) groups is 2. The number of rotatable bonds is 4. The lowest BCUT2D eigenvalue weighted by Gasteiger charge is -2.21. The number of ether oxygens (including phenoxy) is 1. The maximum atomic E-state index is 11.8. The second-order valence-corrected chi connectivity index (χ2v) is 5.98. The van der Waals surface area contributed by atoms with Gasteiger partial charge in [-0.3, -0.25) is 10.1 Å². The minimum absolute atomic E-state index is 0.116. The molecule has 104 valence electrons. The Bertz CT molecular complexity index is 492. The number of halogens is 2. The van der Waals surface area contributed by atoms with E-state index < -0.39 is 18.0 Å². The lowest BCUT2D eigenvalue weighted by molar-refractivity contribution is -0.128. The Kier molecular flexibility index (Phi) is 5.81. The number of amides is 3. The second-order valence-electron chi connectivity index (χ2n) is 4.21. The van der Waals surface area contributed by atoms with Crippen molar-refractivity contribution in [1.82, 2.24) is 5.32 Å². The molecule has 1 aromatic carbocycles. The molecule has 0 fully saturated rings. The van der Waals surface area contributed by atoms with E-state index in [1.165, 1.54) is 0 Å². The first-order chi connectivity index (χ1) is 8.81. The van der Waals surface area contributed by atoms with Gasteiger partial charge in [0.2, 0.25) is 0 Å². The number of carbonyl (C=O) groups excluding carboxylic acids is 2. The molecule has 0 spiro atoms. The van der Waals surface area contributed by atoms with Crippen LogP contribution in [0.4, 0.5) is 4.79 Å². The maximum Gasteiger partial charge on any atom is 0.318 e.